The van der Waals surface area contributed by atoms with Gasteiger partial charge in [-0.1, -0.05) is 29.8 Å². The van der Waals surface area contributed by atoms with Gasteiger partial charge in [0, 0.05) is 12.1 Å². The van der Waals surface area contributed by atoms with Crippen LogP contribution >= 0.6 is 0 Å². The number of methoxy groups -OCH3 is 2. The Hall–Kier alpha value is -2.83. The number of hydrogen-bond acceptors (Lipinski definition) is 6. The summed E-state index contributed by atoms with van der Waals surface area (Å²) in [4.78, 5) is 39.2. The number of rotatable bonds is 4. The molecular formula is C19H21NO6. The lowest BCUT2D eigenvalue weighted by atomic mass is 9.83. The van der Waals surface area contributed by atoms with Crippen molar-refractivity contribution in [1.82, 2.24) is 4.90 Å². The van der Waals surface area contributed by atoms with Crippen molar-refractivity contribution in [3.8, 4) is 0 Å². The van der Waals surface area contributed by atoms with Crippen LogP contribution in [0.25, 0.3) is 5.57 Å². The minimum absolute atomic E-state index is 0.351. The molecule has 2 aliphatic heterocycles. The van der Waals surface area contributed by atoms with Crippen LogP contribution in [0.4, 0.5) is 0 Å². The second-order valence-corrected chi connectivity index (χ2v) is 6.28. The minimum atomic E-state index is -1.38. The van der Waals surface area contributed by atoms with E-state index in [1.807, 2.05) is 31.2 Å². The van der Waals surface area contributed by atoms with Crippen molar-refractivity contribution in [2.75, 3.05) is 27.4 Å². The molecule has 7 heteroatoms. The van der Waals surface area contributed by atoms with Crippen molar-refractivity contribution in [2.45, 2.75) is 13.3 Å². The van der Waals surface area contributed by atoms with Gasteiger partial charge in [-0.25, -0.2) is 0 Å². The second-order valence-electron chi connectivity index (χ2n) is 6.28. The number of esters is 2. The zero-order chi connectivity index (χ0) is 18.8. The highest BCUT2D eigenvalue weighted by molar-refractivity contribution is 6.08. The molecule has 1 aromatic rings. The predicted octanol–water partition coefficient (Wildman–Crippen LogP) is 1.50. The molecule has 7 nitrogen and oxygen atoms in total. The molecule has 1 aromatic carbocycles. The summed E-state index contributed by atoms with van der Waals surface area (Å²) in [5.74, 6) is -3.97. The molecule has 0 radical (unpaired) electrons. The van der Waals surface area contributed by atoms with Crippen LogP contribution in [0.3, 0.4) is 0 Å². The summed E-state index contributed by atoms with van der Waals surface area (Å²) in [6.45, 7) is 2.91. The van der Waals surface area contributed by atoms with Gasteiger partial charge in [0.25, 0.3) is 0 Å². The molecule has 1 saturated heterocycles. The fourth-order valence-corrected chi connectivity index (χ4v) is 3.40. The maximum Gasteiger partial charge on any atom is 0.321 e. The first-order chi connectivity index (χ1) is 12.5. The van der Waals surface area contributed by atoms with Crippen molar-refractivity contribution in [3.63, 3.8) is 0 Å². The third-order valence-electron chi connectivity index (χ3n) is 4.69. The highest BCUT2D eigenvalue weighted by Crippen LogP contribution is 2.43. The Bertz CT molecular complexity index is 751. The summed E-state index contributed by atoms with van der Waals surface area (Å²) in [5.41, 5.74) is 2.31. The molecule has 1 atom stereocenters. The first-order valence-corrected chi connectivity index (χ1v) is 8.40. The van der Waals surface area contributed by atoms with Crippen LogP contribution in [-0.2, 0) is 28.6 Å². The molecule has 26 heavy (non-hydrogen) atoms. The summed E-state index contributed by atoms with van der Waals surface area (Å²) in [7, 11) is 2.36. The third-order valence-corrected chi connectivity index (χ3v) is 4.69. The number of nitrogens with zero attached hydrogens (tertiary/aromatic N) is 1. The van der Waals surface area contributed by atoms with Gasteiger partial charge in [0.1, 0.15) is 0 Å². The lowest BCUT2D eigenvalue weighted by molar-refractivity contribution is -0.163. The normalized spacial score (nSPS) is 19.3. The van der Waals surface area contributed by atoms with E-state index < -0.39 is 23.8 Å². The van der Waals surface area contributed by atoms with Crippen LogP contribution in [0, 0.1) is 18.8 Å². The van der Waals surface area contributed by atoms with Crippen molar-refractivity contribution >= 4 is 23.4 Å². The number of carbonyl (C=O) groups is 3. The average Bonchev–Trinajstić information content (AvgIpc) is 2.95. The fraction of sp³-hybridized carbons (Fsp3) is 0.421. The van der Waals surface area contributed by atoms with Crippen molar-refractivity contribution < 1.29 is 28.6 Å². The van der Waals surface area contributed by atoms with Crippen LogP contribution in [0.15, 0.2) is 30.1 Å². The van der Waals surface area contributed by atoms with E-state index in [9.17, 15) is 14.4 Å². The average molecular weight is 359 g/mol. The SMILES string of the molecule is COC(=O)C(C(=O)OC)C1C(=O)N2CCCOC2=C1c1ccc(C)cc1. The lowest BCUT2D eigenvalue weighted by Crippen LogP contribution is -2.41. The van der Waals surface area contributed by atoms with Gasteiger partial charge in [-0.2, -0.15) is 0 Å². The summed E-state index contributed by atoms with van der Waals surface area (Å²) >= 11 is 0. The summed E-state index contributed by atoms with van der Waals surface area (Å²) < 4.78 is 15.3. The monoisotopic (exact) mass is 359 g/mol. The Labute approximate surface area is 151 Å². The standard InChI is InChI=1S/C19H21NO6/c1-11-5-7-12(8-6-11)13-14(15(18(22)24-2)19(23)25-3)16(21)20-9-4-10-26-17(13)20/h5-8,14-15H,4,9-10H2,1-3H3. The van der Waals surface area contributed by atoms with E-state index in [0.29, 0.717) is 31.0 Å². The molecule has 0 bridgehead atoms. The molecule has 3 rings (SSSR count). The number of fused-ring (bicyclic) bond motifs is 1. The number of ether oxygens (including phenoxy) is 3. The summed E-state index contributed by atoms with van der Waals surface area (Å²) in [6, 6.07) is 7.51. The lowest BCUT2D eigenvalue weighted by Gasteiger charge is -2.26. The highest BCUT2D eigenvalue weighted by Gasteiger charge is 2.52. The van der Waals surface area contributed by atoms with Crippen LogP contribution in [0.2, 0.25) is 0 Å². The van der Waals surface area contributed by atoms with E-state index in [-0.39, 0.29) is 5.91 Å². The van der Waals surface area contributed by atoms with Gasteiger partial charge in [0.15, 0.2) is 5.92 Å². The third kappa shape index (κ3) is 2.94. The maximum atomic E-state index is 13.1. The molecule has 0 spiro atoms. The Balaban J connectivity index is 2.15. The van der Waals surface area contributed by atoms with E-state index >= 15 is 0 Å². The van der Waals surface area contributed by atoms with E-state index in [2.05, 4.69) is 0 Å². The molecule has 0 aromatic heterocycles. The molecule has 2 heterocycles. The van der Waals surface area contributed by atoms with Gasteiger partial charge in [-0.3, -0.25) is 19.3 Å². The molecule has 0 N–H and O–H groups in total. The van der Waals surface area contributed by atoms with Gasteiger partial charge < -0.3 is 14.2 Å². The smallest absolute Gasteiger partial charge is 0.321 e. The van der Waals surface area contributed by atoms with Gasteiger partial charge in [-0.05, 0) is 18.9 Å². The van der Waals surface area contributed by atoms with E-state index in [1.54, 1.807) is 0 Å². The molecule has 1 amide bonds. The van der Waals surface area contributed by atoms with Crippen LogP contribution in [-0.4, -0.2) is 50.1 Å². The number of amides is 1. The topological polar surface area (TPSA) is 82.1 Å². The van der Waals surface area contributed by atoms with Crippen LogP contribution in [0.5, 0.6) is 0 Å². The first-order valence-electron chi connectivity index (χ1n) is 8.40. The molecule has 0 saturated carbocycles. The molecule has 1 unspecified atom stereocenters. The Morgan fingerprint density at radius 3 is 2.35 bits per heavy atom. The molecule has 1 fully saturated rings. The van der Waals surface area contributed by atoms with Crippen molar-refractivity contribution in [1.29, 1.82) is 0 Å². The maximum absolute atomic E-state index is 13.1. The van der Waals surface area contributed by atoms with Crippen molar-refractivity contribution in [3.05, 3.63) is 41.3 Å². The Morgan fingerprint density at radius 2 is 1.77 bits per heavy atom. The molecule has 0 aliphatic carbocycles. The minimum Gasteiger partial charge on any atom is -0.478 e. The zero-order valence-corrected chi connectivity index (χ0v) is 15.0. The van der Waals surface area contributed by atoms with Crippen molar-refractivity contribution in [2.24, 2.45) is 11.8 Å². The first kappa shape index (κ1) is 18.0. The van der Waals surface area contributed by atoms with Gasteiger partial charge in [-0.15, -0.1) is 0 Å². The van der Waals surface area contributed by atoms with E-state index in [1.165, 1.54) is 19.1 Å². The zero-order valence-electron chi connectivity index (χ0n) is 15.0. The Kier molecular flexibility index (Phi) is 4.97. The largest absolute Gasteiger partial charge is 0.478 e. The molecular weight excluding hydrogens is 338 g/mol. The summed E-state index contributed by atoms with van der Waals surface area (Å²) in [5, 5.41) is 0. The number of carbonyl (C=O) groups excluding carboxylic acids is 3. The predicted molar refractivity (Wildman–Crippen MR) is 91.4 cm³/mol. The fourth-order valence-electron chi connectivity index (χ4n) is 3.40. The van der Waals surface area contributed by atoms with Crippen LogP contribution < -0.4 is 0 Å². The number of benzene rings is 1. The van der Waals surface area contributed by atoms with E-state index in [0.717, 1.165) is 11.1 Å². The van der Waals surface area contributed by atoms with Gasteiger partial charge in [0.05, 0.1) is 26.7 Å². The van der Waals surface area contributed by atoms with Gasteiger partial charge in [0.2, 0.25) is 11.8 Å². The number of aryl methyl sites for hydroxylation is 1. The number of hydrogen-bond donors (Lipinski definition) is 0. The summed E-state index contributed by atoms with van der Waals surface area (Å²) in [6.07, 6.45) is 0.685. The Morgan fingerprint density at radius 1 is 1.15 bits per heavy atom. The van der Waals surface area contributed by atoms with Crippen LogP contribution in [0.1, 0.15) is 17.5 Å². The van der Waals surface area contributed by atoms with E-state index in [4.69, 9.17) is 14.2 Å². The second kappa shape index (κ2) is 7.19. The quantitative estimate of drug-likeness (QED) is 0.599. The molecule has 138 valence electrons. The highest BCUT2D eigenvalue weighted by atomic mass is 16.5. The molecule has 2 aliphatic rings. The van der Waals surface area contributed by atoms with Gasteiger partial charge >= 0.3 is 11.9 Å².